The monoisotopic (exact) mass is 172 g/mol. The molecule has 0 radical (unpaired) electrons. The Morgan fingerprint density at radius 3 is 1.42 bits per heavy atom. The lowest BCUT2D eigenvalue weighted by Crippen LogP contribution is -2.46. The molecule has 0 saturated carbocycles. The topological polar surface area (TPSA) is 20.2 Å². The highest BCUT2D eigenvalue weighted by molar-refractivity contribution is 4.91. The Hall–Kier alpha value is -0.0400. The lowest BCUT2D eigenvalue weighted by Gasteiger charge is -2.43. The predicted octanol–water partition coefficient (Wildman–Crippen LogP) is 3.22. The van der Waals surface area contributed by atoms with Gasteiger partial charge in [-0.1, -0.05) is 47.5 Å². The van der Waals surface area contributed by atoms with Gasteiger partial charge in [0.2, 0.25) is 0 Å². The molecule has 0 fully saturated rings. The largest absolute Gasteiger partial charge is 0.389 e. The van der Waals surface area contributed by atoms with Crippen LogP contribution in [0.4, 0.5) is 0 Å². The molecule has 1 unspecified atom stereocenters. The number of aliphatic hydroxyl groups is 1. The first-order chi connectivity index (χ1) is 5.27. The van der Waals surface area contributed by atoms with E-state index < -0.39 is 5.60 Å². The van der Waals surface area contributed by atoms with E-state index in [-0.39, 0.29) is 5.41 Å². The van der Waals surface area contributed by atoms with Gasteiger partial charge in [0.1, 0.15) is 0 Å². The fraction of sp³-hybridized carbons (Fsp3) is 1.00. The van der Waals surface area contributed by atoms with Crippen LogP contribution in [-0.4, -0.2) is 10.7 Å². The smallest absolute Gasteiger partial charge is 0.0695 e. The molecule has 1 atom stereocenters. The molecule has 0 aliphatic heterocycles. The van der Waals surface area contributed by atoms with Gasteiger partial charge in [0.05, 0.1) is 5.60 Å². The average Bonchev–Trinajstić information content (AvgIpc) is 1.87. The molecule has 0 aliphatic rings. The molecule has 0 aromatic carbocycles. The fourth-order valence-corrected chi connectivity index (χ4v) is 1.70. The molecule has 1 heteroatoms. The molecular weight excluding hydrogens is 148 g/mol. The van der Waals surface area contributed by atoms with Gasteiger partial charge < -0.3 is 5.11 Å². The molecule has 0 heterocycles. The van der Waals surface area contributed by atoms with E-state index in [9.17, 15) is 5.11 Å². The van der Waals surface area contributed by atoms with Crippen molar-refractivity contribution >= 4 is 0 Å². The maximum absolute atomic E-state index is 10.3. The average molecular weight is 172 g/mol. The summed E-state index contributed by atoms with van der Waals surface area (Å²) in [5, 5.41) is 10.3. The van der Waals surface area contributed by atoms with Crippen molar-refractivity contribution in [1.82, 2.24) is 0 Å². The summed E-state index contributed by atoms with van der Waals surface area (Å²) < 4.78 is 0. The van der Waals surface area contributed by atoms with Gasteiger partial charge in [-0.25, -0.2) is 0 Å². The van der Waals surface area contributed by atoms with Gasteiger partial charge in [-0.2, -0.15) is 0 Å². The first-order valence-corrected chi connectivity index (χ1v) is 4.99. The second kappa shape index (κ2) is 3.78. The van der Waals surface area contributed by atoms with Crippen molar-refractivity contribution in [2.45, 2.75) is 60.0 Å². The van der Waals surface area contributed by atoms with Crippen LogP contribution in [-0.2, 0) is 0 Å². The summed E-state index contributed by atoms with van der Waals surface area (Å²) in [6.45, 7) is 12.6. The Morgan fingerprint density at radius 2 is 1.33 bits per heavy atom. The van der Waals surface area contributed by atoms with Crippen molar-refractivity contribution < 1.29 is 5.11 Å². The van der Waals surface area contributed by atoms with Crippen molar-refractivity contribution in [3.8, 4) is 0 Å². The third kappa shape index (κ3) is 2.22. The van der Waals surface area contributed by atoms with Crippen molar-refractivity contribution in [3.63, 3.8) is 0 Å². The zero-order valence-corrected chi connectivity index (χ0v) is 9.44. The number of hydrogen-bond donors (Lipinski definition) is 1. The summed E-state index contributed by atoms with van der Waals surface area (Å²) in [7, 11) is 0. The molecule has 0 aliphatic carbocycles. The van der Waals surface area contributed by atoms with Gasteiger partial charge in [0.15, 0.2) is 0 Å². The van der Waals surface area contributed by atoms with Gasteiger partial charge in [0, 0.05) is 0 Å². The second-order valence-electron chi connectivity index (χ2n) is 4.91. The molecule has 74 valence electrons. The standard InChI is InChI=1S/C11H24O/c1-7-9(8-2)11(6,12)10(3,4)5/h9,12H,7-8H2,1-6H3. The third-order valence-electron chi connectivity index (χ3n) is 3.30. The molecule has 1 N–H and O–H groups in total. The van der Waals surface area contributed by atoms with Gasteiger partial charge in [-0.05, 0) is 18.3 Å². The van der Waals surface area contributed by atoms with E-state index in [4.69, 9.17) is 0 Å². The predicted molar refractivity (Wildman–Crippen MR) is 54.2 cm³/mol. The normalized spacial score (nSPS) is 18.0. The van der Waals surface area contributed by atoms with Crippen molar-refractivity contribution in [2.24, 2.45) is 11.3 Å². The molecule has 0 bridgehead atoms. The first kappa shape index (κ1) is 12.0. The minimum absolute atomic E-state index is 0.0241. The van der Waals surface area contributed by atoms with Crippen LogP contribution in [0, 0.1) is 11.3 Å². The van der Waals surface area contributed by atoms with Crippen LogP contribution >= 0.6 is 0 Å². The quantitative estimate of drug-likeness (QED) is 0.693. The van der Waals surface area contributed by atoms with E-state index in [0.717, 1.165) is 12.8 Å². The van der Waals surface area contributed by atoms with Crippen molar-refractivity contribution in [1.29, 1.82) is 0 Å². The Bertz CT molecular complexity index is 126. The first-order valence-electron chi connectivity index (χ1n) is 4.99. The zero-order chi connectivity index (χ0) is 9.99. The minimum atomic E-state index is -0.545. The van der Waals surface area contributed by atoms with E-state index in [1.165, 1.54) is 0 Å². The summed E-state index contributed by atoms with van der Waals surface area (Å²) >= 11 is 0. The highest BCUT2D eigenvalue weighted by atomic mass is 16.3. The molecule has 0 spiro atoms. The van der Waals surface area contributed by atoms with Gasteiger partial charge in [-0.15, -0.1) is 0 Å². The van der Waals surface area contributed by atoms with Crippen LogP contribution in [0.15, 0.2) is 0 Å². The van der Waals surface area contributed by atoms with E-state index in [1.807, 2.05) is 6.92 Å². The van der Waals surface area contributed by atoms with Crippen molar-refractivity contribution in [3.05, 3.63) is 0 Å². The molecule has 0 rings (SSSR count). The summed E-state index contributed by atoms with van der Waals surface area (Å²) in [5.41, 5.74) is -0.569. The molecule has 1 nitrogen and oxygen atoms in total. The highest BCUT2D eigenvalue weighted by Gasteiger charge is 2.40. The van der Waals surface area contributed by atoms with Crippen LogP contribution in [0.2, 0.25) is 0 Å². The lowest BCUT2D eigenvalue weighted by molar-refractivity contribution is -0.0914. The van der Waals surface area contributed by atoms with E-state index in [1.54, 1.807) is 0 Å². The second-order valence-corrected chi connectivity index (χ2v) is 4.91. The minimum Gasteiger partial charge on any atom is -0.389 e. The van der Waals surface area contributed by atoms with Gasteiger partial charge >= 0.3 is 0 Å². The van der Waals surface area contributed by atoms with Crippen molar-refractivity contribution in [2.75, 3.05) is 0 Å². The molecule has 0 aromatic rings. The zero-order valence-electron chi connectivity index (χ0n) is 9.44. The molecule has 0 aromatic heterocycles. The van der Waals surface area contributed by atoms with Gasteiger partial charge in [0.25, 0.3) is 0 Å². The van der Waals surface area contributed by atoms with Crippen LogP contribution in [0.25, 0.3) is 0 Å². The maximum Gasteiger partial charge on any atom is 0.0695 e. The molecule has 0 saturated heterocycles. The third-order valence-corrected chi connectivity index (χ3v) is 3.30. The molecule has 0 amide bonds. The fourth-order valence-electron chi connectivity index (χ4n) is 1.70. The maximum atomic E-state index is 10.3. The summed E-state index contributed by atoms with van der Waals surface area (Å²) in [5.74, 6) is 0.414. The van der Waals surface area contributed by atoms with E-state index in [2.05, 4.69) is 34.6 Å². The number of rotatable bonds is 3. The van der Waals surface area contributed by atoms with Crippen LogP contribution in [0.3, 0.4) is 0 Å². The Kier molecular flexibility index (Phi) is 3.77. The summed E-state index contributed by atoms with van der Waals surface area (Å²) in [4.78, 5) is 0. The SMILES string of the molecule is CCC(CC)C(C)(O)C(C)(C)C. The Morgan fingerprint density at radius 1 is 1.00 bits per heavy atom. The summed E-state index contributed by atoms with van der Waals surface area (Å²) in [6, 6.07) is 0. The van der Waals surface area contributed by atoms with E-state index >= 15 is 0 Å². The molecule has 12 heavy (non-hydrogen) atoms. The molecular formula is C11H24O. The van der Waals surface area contributed by atoms with Crippen LogP contribution in [0.1, 0.15) is 54.4 Å². The Balaban J connectivity index is 4.57. The van der Waals surface area contributed by atoms with E-state index in [0.29, 0.717) is 5.92 Å². The number of hydrogen-bond acceptors (Lipinski definition) is 1. The summed E-state index contributed by atoms with van der Waals surface area (Å²) in [6.07, 6.45) is 2.11. The lowest BCUT2D eigenvalue weighted by atomic mass is 9.68. The Labute approximate surface area is 77.2 Å². The highest BCUT2D eigenvalue weighted by Crippen LogP contribution is 2.38. The van der Waals surface area contributed by atoms with Crippen LogP contribution in [0.5, 0.6) is 0 Å². The van der Waals surface area contributed by atoms with Crippen LogP contribution < -0.4 is 0 Å². The van der Waals surface area contributed by atoms with Gasteiger partial charge in [-0.3, -0.25) is 0 Å².